The zero-order valence-electron chi connectivity index (χ0n) is 8.83. The molecule has 1 unspecified atom stereocenters. The molecule has 0 bridgehead atoms. The van der Waals surface area contributed by atoms with Gasteiger partial charge in [-0.15, -0.1) is 0 Å². The van der Waals surface area contributed by atoms with Gasteiger partial charge < -0.3 is 4.52 Å². The second kappa shape index (κ2) is 5.76. The molecular formula is C8H9Cl3NO4P. The maximum atomic E-state index is 11.4. The first kappa shape index (κ1) is 15.1. The molecule has 1 aromatic rings. The molecule has 96 valence electrons. The second-order valence-corrected chi connectivity index (χ2v) is 5.43. The molecule has 0 fully saturated rings. The molecule has 1 rings (SSSR count). The quantitative estimate of drug-likeness (QED) is 0.504. The molecular weight excluding hydrogens is 311 g/mol. The summed E-state index contributed by atoms with van der Waals surface area (Å²) in [7, 11) is -2.95. The van der Waals surface area contributed by atoms with Gasteiger partial charge in [0, 0.05) is 18.7 Å². The highest BCUT2D eigenvalue weighted by molar-refractivity contribution is 7.47. The maximum absolute atomic E-state index is 11.4. The van der Waals surface area contributed by atoms with Crippen molar-refractivity contribution in [2.24, 2.45) is 0 Å². The highest BCUT2D eigenvalue weighted by atomic mass is 35.5. The molecule has 0 aliphatic heterocycles. The Labute approximate surface area is 113 Å². The van der Waals surface area contributed by atoms with E-state index in [9.17, 15) is 9.46 Å². The minimum atomic E-state index is -4.27. The highest BCUT2D eigenvalue weighted by Gasteiger charge is 2.25. The van der Waals surface area contributed by atoms with Gasteiger partial charge in [0.25, 0.3) is 0 Å². The number of nitrogens with one attached hydrogen (secondary N) is 1. The largest absolute Gasteiger partial charge is 0.544 e. The van der Waals surface area contributed by atoms with Crippen LogP contribution in [-0.4, -0.2) is 11.9 Å². The molecule has 17 heavy (non-hydrogen) atoms. The van der Waals surface area contributed by atoms with Crippen LogP contribution in [0.2, 0.25) is 15.1 Å². The Kier molecular flexibility index (Phi) is 5.10. The van der Waals surface area contributed by atoms with Crippen LogP contribution in [0, 0.1) is 6.92 Å². The molecule has 5 nitrogen and oxygen atoms in total. The van der Waals surface area contributed by atoms with Gasteiger partial charge >= 0.3 is 7.82 Å². The van der Waals surface area contributed by atoms with Crippen molar-refractivity contribution >= 4 is 42.6 Å². The zero-order chi connectivity index (χ0) is 13.2. The normalized spacial score (nSPS) is 14.5. The van der Waals surface area contributed by atoms with Crippen LogP contribution in [-0.2, 0) is 9.19 Å². The molecule has 0 aromatic heterocycles. The standard InChI is InChI=1S/C8H9Cl3NO4P/c1-4-6(15-17(13,14)16-12-2)3-5(9)8(11)7(4)10/h3,12H,1-2H3,(H,13,14). The smallest absolute Gasteiger partial charge is 0.403 e. The summed E-state index contributed by atoms with van der Waals surface area (Å²) in [6, 6.07) is 1.28. The van der Waals surface area contributed by atoms with Crippen molar-refractivity contribution in [3.63, 3.8) is 0 Å². The number of phosphoric acid groups is 1. The lowest BCUT2D eigenvalue weighted by molar-refractivity contribution is 0.146. The molecule has 0 aliphatic carbocycles. The van der Waals surface area contributed by atoms with Crippen molar-refractivity contribution in [3.8, 4) is 5.75 Å². The summed E-state index contributed by atoms with van der Waals surface area (Å²) in [4.78, 5) is 9.27. The summed E-state index contributed by atoms with van der Waals surface area (Å²) < 4.78 is 20.5. The Morgan fingerprint density at radius 3 is 2.47 bits per heavy atom. The Hall–Kier alpha value is -0.000000000000000167. The lowest BCUT2D eigenvalue weighted by atomic mass is 10.2. The van der Waals surface area contributed by atoms with Crippen LogP contribution in [0.3, 0.4) is 0 Å². The average Bonchev–Trinajstić information content (AvgIpc) is 2.22. The molecule has 1 aromatic carbocycles. The van der Waals surface area contributed by atoms with Crippen LogP contribution in [0.5, 0.6) is 5.75 Å². The van der Waals surface area contributed by atoms with Crippen molar-refractivity contribution in [2.75, 3.05) is 7.05 Å². The highest BCUT2D eigenvalue weighted by Crippen LogP contribution is 2.47. The van der Waals surface area contributed by atoms with Gasteiger partial charge in [0.15, 0.2) is 0 Å². The number of hydrogen-bond acceptors (Lipinski definition) is 4. The number of phosphoric ester groups is 1. The molecule has 0 saturated carbocycles. The van der Waals surface area contributed by atoms with E-state index in [1.165, 1.54) is 13.1 Å². The SMILES string of the molecule is CNOP(=O)(O)Oc1cc(Cl)c(Cl)c(Cl)c1C. The van der Waals surface area contributed by atoms with E-state index < -0.39 is 7.82 Å². The molecule has 1 atom stereocenters. The molecule has 0 aliphatic rings. The minimum Gasteiger partial charge on any atom is -0.403 e. The fourth-order valence-corrected chi connectivity index (χ4v) is 2.36. The predicted molar refractivity (Wildman–Crippen MR) is 66.8 cm³/mol. The third-order valence-corrected chi connectivity index (χ3v) is 3.98. The third kappa shape index (κ3) is 3.73. The van der Waals surface area contributed by atoms with E-state index in [-0.39, 0.29) is 20.8 Å². The Morgan fingerprint density at radius 1 is 1.35 bits per heavy atom. The van der Waals surface area contributed by atoms with Crippen LogP contribution in [0.15, 0.2) is 6.07 Å². The van der Waals surface area contributed by atoms with Gasteiger partial charge in [0.2, 0.25) is 0 Å². The first-order valence-corrected chi connectivity index (χ1v) is 6.93. The summed E-state index contributed by atoms with van der Waals surface area (Å²) in [5.74, 6) is 0.0190. The third-order valence-electron chi connectivity index (χ3n) is 1.78. The Bertz CT molecular complexity index is 482. The molecule has 9 heteroatoms. The fraction of sp³-hybridized carbons (Fsp3) is 0.250. The summed E-state index contributed by atoms with van der Waals surface area (Å²) in [5.41, 5.74) is 2.44. The van der Waals surface area contributed by atoms with Crippen LogP contribution in [0.4, 0.5) is 0 Å². The van der Waals surface area contributed by atoms with Crippen LogP contribution < -0.4 is 10.0 Å². The summed E-state index contributed by atoms with van der Waals surface area (Å²) in [6.07, 6.45) is 0. The van der Waals surface area contributed by atoms with Gasteiger partial charge in [0.1, 0.15) is 5.75 Å². The van der Waals surface area contributed by atoms with Crippen molar-refractivity contribution in [1.29, 1.82) is 0 Å². The van der Waals surface area contributed by atoms with Gasteiger partial charge in [-0.2, -0.15) is 10.1 Å². The van der Waals surface area contributed by atoms with Crippen LogP contribution in [0.1, 0.15) is 5.56 Å². The lowest BCUT2D eigenvalue weighted by Gasteiger charge is -2.15. The van der Waals surface area contributed by atoms with Gasteiger partial charge in [-0.1, -0.05) is 34.8 Å². The van der Waals surface area contributed by atoms with Crippen molar-refractivity contribution in [3.05, 3.63) is 26.7 Å². The first-order chi connectivity index (χ1) is 7.78. The fourth-order valence-electron chi connectivity index (χ4n) is 1.02. The van der Waals surface area contributed by atoms with Crippen molar-refractivity contribution in [2.45, 2.75) is 6.92 Å². The number of rotatable bonds is 4. The molecule has 2 N–H and O–H groups in total. The van der Waals surface area contributed by atoms with Crippen molar-refractivity contribution < 1.29 is 18.6 Å². The molecule has 0 heterocycles. The summed E-state index contributed by atoms with van der Waals surface area (Å²) >= 11 is 17.4. The van der Waals surface area contributed by atoms with E-state index >= 15 is 0 Å². The summed E-state index contributed by atoms with van der Waals surface area (Å²) in [5, 5.41) is 0.417. The van der Waals surface area contributed by atoms with Gasteiger partial charge in [-0.05, 0) is 6.92 Å². The van der Waals surface area contributed by atoms with E-state index in [4.69, 9.17) is 39.3 Å². The first-order valence-electron chi connectivity index (χ1n) is 4.30. The van der Waals surface area contributed by atoms with E-state index in [2.05, 4.69) is 10.1 Å². The number of hydroxylamine groups is 1. The van der Waals surface area contributed by atoms with E-state index in [0.29, 0.717) is 5.56 Å². The maximum Gasteiger partial charge on any atom is 0.544 e. The van der Waals surface area contributed by atoms with Gasteiger partial charge in [-0.25, -0.2) is 4.57 Å². The monoisotopic (exact) mass is 319 g/mol. The van der Waals surface area contributed by atoms with E-state index in [1.54, 1.807) is 6.92 Å². The topological polar surface area (TPSA) is 67.8 Å². The van der Waals surface area contributed by atoms with Crippen LogP contribution >= 0.6 is 42.6 Å². The minimum absolute atomic E-state index is 0.0190. The van der Waals surface area contributed by atoms with Gasteiger partial charge in [0.05, 0.1) is 15.1 Å². The Morgan fingerprint density at radius 2 is 1.94 bits per heavy atom. The summed E-state index contributed by atoms with van der Waals surface area (Å²) in [6.45, 7) is 1.57. The van der Waals surface area contributed by atoms with E-state index in [1.807, 2.05) is 0 Å². The molecule has 0 amide bonds. The Balaban J connectivity index is 3.12. The van der Waals surface area contributed by atoms with E-state index in [0.717, 1.165) is 0 Å². The van der Waals surface area contributed by atoms with Crippen LogP contribution in [0.25, 0.3) is 0 Å². The second-order valence-electron chi connectivity index (χ2n) is 2.96. The van der Waals surface area contributed by atoms with Crippen molar-refractivity contribution in [1.82, 2.24) is 5.48 Å². The average molecular weight is 320 g/mol. The zero-order valence-corrected chi connectivity index (χ0v) is 12.0. The molecule has 0 spiro atoms. The van der Waals surface area contributed by atoms with Gasteiger partial charge in [-0.3, -0.25) is 4.89 Å². The number of hydrogen-bond donors (Lipinski definition) is 2. The molecule has 0 saturated heterocycles. The number of halogens is 3. The predicted octanol–water partition coefficient (Wildman–Crippen LogP) is 3.59. The lowest BCUT2D eigenvalue weighted by Crippen LogP contribution is -2.08. The number of benzene rings is 1. The molecule has 0 radical (unpaired) electrons.